The van der Waals surface area contributed by atoms with Crippen LogP contribution in [0.4, 0.5) is 5.82 Å². The van der Waals surface area contributed by atoms with Crippen LogP contribution in [0.15, 0.2) is 4.99 Å². The van der Waals surface area contributed by atoms with Gasteiger partial charge in [0, 0.05) is 7.05 Å². The number of rotatable bonds is 1. The molecule has 86 valence electrons. The summed E-state index contributed by atoms with van der Waals surface area (Å²) >= 11 is 0. The first-order valence-electron chi connectivity index (χ1n) is 5.03. The summed E-state index contributed by atoms with van der Waals surface area (Å²) in [4.78, 5) is 19.9. The van der Waals surface area contributed by atoms with Gasteiger partial charge in [-0.1, -0.05) is 0 Å². The number of carbonyl (C=O) groups excluding carboxylic acids is 1. The number of aromatic nitrogens is 2. The third-order valence-corrected chi connectivity index (χ3v) is 2.59. The zero-order valence-electron chi connectivity index (χ0n) is 9.83. The van der Waals surface area contributed by atoms with Crippen LogP contribution in [-0.4, -0.2) is 26.8 Å². The van der Waals surface area contributed by atoms with Crippen LogP contribution in [0.25, 0.3) is 0 Å². The van der Waals surface area contributed by atoms with E-state index >= 15 is 0 Å². The van der Waals surface area contributed by atoms with Gasteiger partial charge in [0.2, 0.25) is 0 Å². The number of nitrogens with one attached hydrogen (secondary N) is 1. The highest BCUT2D eigenvalue weighted by Gasteiger charge is 2.32. The van der Waals surface area contributed by atoms with E-state index in [0.29, 0.717) is 5.69 Å². The molecule has 1 amide bonds. The van der Waals surface area contributed by atoms with Crippen molar-refractivity contribution in [1.29, 1.82) is 0 Å². The van der Waals surface area contributed by atoms with Gasteiger partial charge >= 0.3 is 0 Å². The summed E-state index contributed by atoms with van der Waals surface area (Å²) in [5.74, 6) is 1.05. The van der Waals surface area contributed by atoms with Crippen LogP contribution in [-0.2, 0) is 11.8 Å². The van der Waals surface area contributed by atoms with Crippen molar-refractivity contribution in [2.75, 3.05) is 5.32 Å². The molecular weight excluding hydrogens is 206 g/mol. The number of hydrogen-bond acceptors (Lipinski definition) is 4. The standard InChI is InChI=1S/C10H15N5O/c1-5-12-7-6(8(11)16)13-10(2,3)14-9(7)15(5)4/h14H,1-4H3,(H2,11,16). The van der Waals surface area contributed by atoms with Gasteiger partial charge in [-0.05, 0) is 20.8 Å². The maximum absolute atomic E-state index is 11.3. The Balaban J connectivity index is 2.66. The summed E-state index contributed by atoms with van der Waals surface area (Å²) in [5, 5.41) is 3.22. The van der Waals surface area contributed by atoms with E-state index in [4.69, 9.17) is 5.73 Å². The fourth-order valence-corrected chi connectivity index (χ4v) is 1.74. The highest BCUT2D eigenvalue weighted by atomic mass is 16.1. The zero-order chi connectivity index (χ0) is 12.1. The van der Waals surface area contributed by atoms with Crippen LogP contribution >= 0.6 is 0 Å². The summed E-state index contributed by atoms with van der Waals surface area (Å²) < 4.78 is 1.88. The van der Waals surface area contributed by atoms with Gasteiger partial charge in [-0.2, -0.15) is 0 Å². The first kappa shape index (κ1) is 10.7. The molecule has 1 aromatic heterocycles. The van der Waals surface area contributed by atoms with E-state index in [1.54, 1.807) is 0 Å². The highest BCUT2D eigenvalue weighted by molar-refractivity contribution is 6.45. The van der Waals surface area contributed by atoms with E-state index in [9.17, 15) is 4.79 Å². The minimum atomic E-state index is -0.547. The Hall–Kier alpha value is -1.85. The van der Waals surface area contributed by atoms with Crippen molar-refractivity contribution in [3.8, 4) is 0 Å². The van der Waals surface area contributed by atoms with Crippen LogP contribution in [0.1, 0.15) is 25.4 Å². The quantitative estimate of drug-likeness (QED) is 0.708. The minimum absolute atomic E-state index is 0.238. The third-order valence-electron chi connectivity index (χ3n) is 2.59. The molecule has 0 aromatic carbocycles. The van der Waals surface area contributed by atoms with E-state index in [-0.39, 0.29) is 5.71 Å². The number of aryl methyl sites for hydroxylation is 1. The second kappa shape index (κ2) is 3.07. The van der Waals surface area contributed by atoms with Gasteiger partial charge in [0.25, 0.3) is 5.91 Å². The van der Waals surface area contributed by atoms with Gasteiger partial charge in [-0.3, -0.25) is 4.79 Å². The molecule has 0 atom stereocenters. The number of fused-ring (bicyclic) bond motifs is 1. The molecule has 1 aliphatic heterocycles. The Morgan fingerprint density at radius 2 is 2.12 bits per heavy atom. The Bertz CT molecular complexity index is 498. The van der Waals surface area contributed by atoms with Gasteiger partial charge in [0.1, 0.15) is 23.0 Å². The molecule has 0 unspecified atom stereocenters. The lowest BCUT2D eigenvalue weighted by atomic mass is 10.1. The topological polar surface area (TPSA) is 85.3 Å². The average molecular weight is 221 g/mol. The molecule has 3 N–H and O–H groups in total. The number of nitrogens with two attached hydrogens (primary N) is 1. The number of amides is 1. The van der Waals surface area contributed by atoms with Crippen molar-refractivity contribution in [3.63, 3.8) is 0 Å². The van der Waals surface area contributed by atoms with Crippen molar-refractivity contribution < 1.29 is 4.79 Å². The molecule has 2 rings (SSSR count). The number of carbonyl (C=O) groups is 1. The fraction of sp³-hybridized carbons (Fsp3) is 0.500. The van der Waals surface area contributed by atoms with Crippen molar-refractivity contribution in [1.82, 2.24) is 9.55 Å². The predicted molar refractivity (Wildman–Crippen MR) is 61.4 cm³/mol. The summed E-state index contributed by atoms with van der Waals surface area (Å²) in [7, 11) is 1.88. The summed E-state index contributed by atoms with van der Waals surface area (Å²) in [6.45, 7) is 5.62. The number of imidazole rings is 1. The molecule has 1 aromatic rings. The molecule has 0 radical (unpaired) electrons. The smallest absolute Gasteiger partial charge is 0.269 e. The van der Waals surface area contributed by atoms with Crippen LogP contribution < -0.4 is 11.1 Å². The van der Waals surface area contributed by atoms with E-state index in [0.717, 1.165) is 11.6 Å². The van der Waals surface area contributed by atoms with E-state index in [1.165, 1.54) is 0 Å². The summed E-state index contributed by atoms with van der Waals surface area (Å²) in [6, 6.07) is 0. The van der Waals surface area contributed by atoms with Gasteiger partial charge in [-0.15, -0.1) is 0 Å². The Labute approximate surface area is 93.6 Å². The molecule has 0 fully saturated rings. The van der Waals surface area contributed by atoms with Crippen molar-refractivity contribution >= 4 is 17.4 Å². The zero-order valence-corrected chi connectivity index (χ0v) is 9.83. The predicted octanol–water partition coefficient (Wildman–Crippen LogP) is 0.165. The number of hydrogen-bond donors (Lipinski definition) is 2. The third kappa shape index (κ3) is 1.46. The molecule has 0 saturated carbocycles. The second-order valence-electron chi connectivity index (χ2n) is 4.42. The molecular formula is C10H15N5O. The molecule has 16 heavy (non-hydrogen) atoms. The Morgan fingerprint density at radius 1 is 1.50 bits per heavy atom. The lowest BCUT2D eigenvalue weighted by Gasteiger charge is -2.28. The van der Waals surface area contributed by atoms with E-state index in [1.807, 2.05) is 32.4 Å². The molecule has 6 nitrogen and oxygen atoms in total. The largest absolute Gasteiger partial charge is 0.364 e. The molecule has 1 aliphatic rings. The fourth-order valence-electron chi connectivity index (χ4n) is 1.74. The summed E-state index contributed by atoms with van der Waals surface area (Å²) in [5.41, 5.74) is 5.54. The Morgan fingerprint density at radius 3 is 2.69 bits per heavy atom. The number of primary amides is 1. The molecule has 2 heterocycles. The van der Waals surface area contributed by atoms with Gasteiger partial charge in [-0.25, -0.2) is 9.98 Å². The SMILES string of the molecule is Cc1nc2c(n1C)NC(C)(C)N=C2C(N)=O. The maximum atomic E-state index is 11.3. The Kier molecular flexibility index (Phi) is 2.04. The molecule has 0 bridgehead atoms. The molecule has 0 saturated heterocycles. The monoisotopic (exact) mass is 221 g/mol. The lowest BCUT2D eigenvalue weighted by Crippen LogP contribution is -2.39. The molecule has 6 heteroatoms. The van der Waals surface area contributed by atoms with E-state index in [2.05, 4.69) is 15.3 Å². The molecule has 0 aliphatic carbocycles. The van der Waals surface area contributed by atoms with Gasteiger partial charge in [0.05, 0.1) is 0 Å². The van der Waals surface area contributed by atoms with Crippen LogP contribution in [0.2, 0.25) is 0 Å². The number of anilines is 1. The van der Waals surface area contributed by atoms with Gasteiger partial charge in [0.15, 0.2) is 5.71 Å². The van der Waals surface area contributed by atoms with Crippen LogP contribution in [0.3, 0.4) is 0 Å². The summed E-state index contributed by atoms with van der Waals surface area (Å²) in [6.07, 6.45) is 0. The number of nitrogens with zero attached hydrogens (tertiary/aromatic N) is 3. The highest BCUT2D eigenvalue weighted by Crippen LogP contribution is 2.27. The lowest BCUT2D eigenvalue weighted by molar-refractivity contribution is -0.112. The van der Waals surface area contributed by atoms with Crippen molar-refractivity contribution in [2.45, 2.75) is 26.4 Å². The van der Waals surface area contributed by atoms with Crippen LogP contribution in [0, 0.1) is 6.92 Å². The first-order chi connectivity index (χ1) is 7.32. The van der Waals surface area contributed by atoms with E-state index < -0.39 is 11.6 Å². The minimum Gasteiger partial charge on any atom is -0.364 e. The maximum Gasteiger partial charge on any atom is 0.269 e. The van der Waals surface area contributed by atoms with Crippen molar-refractivity contribution in [3.05, 3.63) is 11.5 Å². The van der Waals surface area contributed by atoms with Gasteiger partial charge < -0.3 is 15.6 Å². The molecule has 0 spiro atoms. The van der Waals surface area contributed by atoms with Crippen LogP contribution in [0.5, 0.6) is 0 Å². The second-order valence-corrected chi connectivity index (χ2v) is 4.42. The normalized spacial score (nSPS) is 17.4. The first-order valence-corrected chi connectivity index (χ1v) is 5.03. The number of aliphatic imine (C=N–C) groups is 1. The van der Waals surface area contributed by atoms with Crippen molar-refractivity contribution in [2.24, 2.45) is 17.8 Å². The average Bonchev–Trinajstić information content (AvgIpc) is 2.42.